The van der Waals surface area contributed by atoms with Crippen LogP contribution in [-0.2, 0) is 19.2 Å². The Labute approximate surface area is 186 Å². The van der Waals surface area contributed by atoms with Gasteiger partial charge in [-0.2, -0.15) is 4.84 Å². The minimum atomic E-state index is -1.22. The van der Waals surface area contributed by atoms with Crippen LogP contribution in [0.1, 0.15) is 47.0 Å². The van der Waals surface area contributed by atoms with Crippen molar-refractivity contribution in [3.8, 4) is 0 Å². The predicted molar refractivity (Wildman–Crippen MR) is 117 cm³/mol. The van der Waals surface area contributed by atoms with Gasteiger partial charge in [0.25, 0.3) is 0 Å². The zero-order valence-electron chi connectivity index (χ0n) is 18.5. The Morgan fingerprint density at radius 1 is 1.20 bits per heavy atom. The van der Waals surface area contributed by atoms with E-state index in [1.54, 1.807) is 7.05 Å². The standard InChI is InChI=1S/C20H31N3O5S2/c1-12(24)22-20(17(25)23(20,5)27-6)14-10-13(16-29-8-7-9-30-16)11-15(14)21-18(26)28-19(2,3)4/h14-15H,7-11H2,1-6H3,(H-,21,22,24,26)/p+1/t14?,15-,20?,23?/m0/s1. The van der Waals surface area contributed by atoms with E-state index in [1.807, 2.05) is 44.3 Å². The van der Waals surface area contributed by atoms with E-state index in [2.05, 4.69) is 10.6 Å². The fourth-order valence-corrected chi connectivity index (χ4v) is 7.11. The molecule has 8 nitrogen and oxygen atoms in total. The summed E-state index contributed by atoms with van der Waals surface area (Å²) in [6, 6.07) is -0.351. The molecule has 3 aliphatic rings. The SMILES string of the molecule is CO[N+]1(C)C(=O)C1(NC(C)=O)C1CC(=C2SCCCS2)C[C@@H]1NC(=O)OC(C)(C)C. The molecule has 1 saturated carbocycles. The quantitative estimate of drug-likeness (QED) is 0.494. The van der Waals surface area contributed by atoms with Gasteiger partial charge in [0.1, 0.15) is 12.6 Å². The van der Waals surface area contributed by atoms with Gasteiger partial charge in [-0.1, -0.05) is 4.65 Å². The van der Waals surface area contributed by atoms with Gasteiger partial charge >= 0.3 is 17.7 Å². The number of rotatable bonds is 4. The highest BCUT2D eigenvalue weighted by molar-refractivity contribution is 8.22. The van der Waals surface area contributed by atoms with E-state index in [9.17, 15) is 14.4 Å². The smallest absolute Gasteiger partial charge is 0.435 e. The summed E-state index contributed by atoms with van der Waals surface area (Å²) in [5.41, 5.74) is -0.619. The van der Waals surface area contributed by atoms with Crippen LogP contribution in [0.25, 0.3) is 0 Å². The Morgan fingerprint density at radius 3 is 2.33 bits per heavy atom. The number of quaternary nitrogens is 1. The molecule has 4 atom stereocenters. The van der Waals surface area contributed by atoms with Crippen molar-refractivity contribution in [1.29, 1.82) is 0 Å². The number of carbonyl (C=O) groups is 3. The number of amides is 3. The Balaban J connectivity index is 1.94. The molecule has 3 rings (SSSR count). The van der Waals surface area contributed by atoms with Gasteiger partial charge in [-0.05, 0) is 57.1 Å². The number of carbonyl (C=O) groups excluding carboxylic acids is 3. The summed E-state index contributed by atoms with van der Waals surface area (Å²) in [6.45, 7) is 6.82. The summed E-state index contributed by atoms with van der Waals surface area (Å²) in [5, 5.41) is 5.84. The van der Waals surface area contributed by atoms with Gasteiger partial charge in [-0.3, -0.25) is 10.1 Å². The first kappa shape index (κ1) is 23.4. The molecule has 30 heavy (non-hydrogen) atoms. The Kier molecular flexibility index (Phi) is 6.54. The molecule has 3 unspecified atom stereocenters. The van der Waals surface area contributed by atoms with Crippen molar-refractivity contribution < 1.29 is 28.6 Å². The number of alkyl carbamates (subject to hydrolysis) is 1. The second-order valence-corrected chi connectivity index (χ2v) is 11.5. The molecule has 0 aromatic rings. The van der Waals surface area contributed by atoms with Gasteiger partial charge < -0.3 is 10.1 Å². The second kappa shape index (κ2) is 8.37. The van der Waals surface area contributed by atoms with E-state index in [0.29, 0.717) is 12.8 Å². The number of hydrogen-bond donors (Lipinski definition) is 2. The molecule has 2 heterocycles. The first-order valence-corrected chi connectivity index (χ1v) is 12.1. The Morgan fingerprint density at radius 2 is 1.83 bits per heavy atom. The lowest BCUT2D eigenvalue weighted by atomic mass is 9.93. The lowest BCUT2D eigenvalue weighted by molar-refractivity contribution is -0.981. The summed E-state index contributed by atoms with van der Waals surface area (Å²) in [4.78, 5) is 43.1. The summed E-state index contributed by atoms with van der Waals surface area (Å²) in [7, 11) is 3.11. The zero-order chi connectivity index (χ0) is 22.3. The van der Waals surface area contributed by atoms with Crippen LogP contribution in [0.3, 0.4) is 0 Å². The van der Waals surface area contributed by atoms with Crippen molar-refractivity contribution in [2.24, 2.45) is 5.92 Å². The van der Waals surface area contributed by atoms with Crippen LogP contribution in [0.5, 0.6) is 0 Å². The number of nitrogens with zero attached hydrogens (tertiary/aromatic N) is 1. The molecule has 0 bridgehead atoms. The maximum atomic E-state index is 13.0. The van der Waals surface area contributed by atoms with Crippen molar-refractivity contribution in [1.82, 2.24) is 10.6 Å². The van der Waals surface area contributed by atoms with E-state index in [-0.39, 0.29) is 28.4 Å². The highest BCUT2D eigenvalue weighted by Crippen LogP contribution is 2.55. The average Bonchev–Trinajstić information content (AvgIpc) is 2.94. The van der Waals surface area contributed by atoms with E-state index in [4.69, 9.17) is 9.57 Å². The van der Waals surface area contributed by atoms with Gasteiger partial charge in [-0.25, -0.2) is 9.59 Å². The van der Waals surface area contributed by atoms with Crippen LogP contribution in [0.15, 0.2) is 9.81 Å². The minimum absolute atomic E-state index is 0.212. The van der Waals surface area contributed by atoms with Gasteiger partial charge in [0.15, 0.2) is 0 Å². The third-order valence-electron chi connectivity index (χ3n) is 5.77. The minimum Gasteiger partial charge on any atom is -0.444 e. The molecular weight excluding hydrogens is 426 g/mol. The van der Waals surface area contributed by atoms with Crippen molar-refractivity contribution in [3.05, 3.63) is 9.81 Å². The molecule has 2 N–H and O–H groups in total. The van der Waals surface area contributed by atoms with Crippen molar-refractivity contribution in [3.63, 3.8) is 0 Å². The molecule has 3 fully saturated rings. The van der Waals surface area contributed by atoms with Crippen LogP contribution in [0.2, 0.25) is 0 Å². The van der Waals surface area contributed by atoms with Crippen molar-refractivity contribution in [2.75, 3.05) is 25.7 Å². The highest BCUT2D eigenvalue weighted by atomic mass is 32.2. The number of thioether (sulfide) groups is 2. The van der Waals surface area contributed by atoms with Crippen LogP contribution >= 0.6 is 23.5 Å². The maximum absolute atomic E-state index is 13.0. The lowest BCUT2D eigenvalue weighted by Gasteiger charge is -2.27. The first-order valence-electron chi connectivity index (χ1n) is 10.2. The van der Waals surface area contributed by atoms with E-state index in [1.165, 1.54) is 30.3 Å². The lowest BCUT2D eigenvalue weighted by Crippen LogP contribution is -2.56. The molecule has 0 aromatic carbocycles. The maximum Gasteiger partial charge on any atom is 0.435 e. The molecule has 0 spiro atoms. The number of ether oxygens (including phenoxy) is 1. The molecule has 168 valence electrons. The van der Waals surface area contributed by atoms with Crippen LogP contribution in [0, 0.1) is 5.92 Å². The van der Waals surface area contributed by atoms with Crippen molar-refractivity contribution in [2.45, 2.75) is 64.3 Å². The van der Waals surface area contributed by atoms with Crippen LogP contribution < -0.4 is 10.6 Å². The highest BCUT2D eigenvalue weighted by Gasteiger charge is 2.87. The molecule has 3 amide bonds. The van der Waals surface area contributed by atoms with Crippen LogP contribution in [-0.4, -0.2) is 65.5 Å². The average molecular weight is 459 g/mol. The molecule has 2 saturated heterocycles. The second-order valence-electron chi connectivity index (χ2n) is 9.07. The van der Waals surface area contributed by atoms with Gasteiger partial charge in [0.05, 0.1) is 13.0 Å². The normalized spacial score (nSPS) is 34.0. The summed E-state index contributed by atoms with van der Waals surface area (Å²) < 4.78 is 6.40. The predicted octanol–water partition coefficient (Wildman–Crippen LogP) is 2.75. The van der Waals surface area contributed by atoms with Crippen LogP contribution in [0.4, 0.5) is 4.79 Å². The molecule has 1 aliphatic carbocycles. The van der Waals surface area contributed by atoms with E-state index < -0.39 is 17.4 Å². The largest absolute Gasteiger partial charge is 0.444 e. The molecule has 0 aromatic heterocycles. The zero-order valence-corrected chi connectivity index (χ0v) is 20.1. The third-order valence-corrected chi connectivity index (χ3v) is 8.56. The Bertz CT molecular complexity index is 773. The fraction of sp³-hybridized carbons (Fsp3) is 0.750. The summed E-state index contributed by atoms with van der Waals surface area (Å²) in [6.07, 6.45) is 1.88. The summed E-state index contributed by atoms with van der Waals surface area (Å²) in [5.74, 6) is 1.29. The monoisotopic (exact) mass is 458 g/mol. The number of hydroxylamine groups is 3. The third kappa shape index (κ3) is 4.24. The number of nitrogens with one attached hydrogen (secondary N) is 2. The van der Waals surface area contributed by atoms with Gasteiger partial charge in [0.2, 0.25) is 5.91 Å². The first-order chi connectivity index (χ1) is 13.9. The number of hydrogen-bond acceptors (Lipinski definition) is 7. The van der Waals surface area contributed by atoms with E-state index >= 15 is 0 Å². The van der Waals surface area contributed by atoms with Gasteiger partial charge in [0, 0.05) is 17.2 Å². The van der Waals surface area contributed by atoms with E-state index in [0.717, 1.165) is 11.5 Å². The Hall–Kier alpha value is -1.23. The van der Waals surface area contributed by atoms with Gasteiger partial charge in [-0.15, -0.1) is 23.5 Å². The molecule has 2 aliphatic heterocycles. The number of likely N-dealkylation sites (N-methyl/N-ethyl adjacent to an activating group) is 1. The van der Waals surface area contributed by atoms with Crippen molar-refractivity contribution >= 4 is 41.4 Å². The topological polar surface area (TPSA) is 93.7 Å². The summed E-state index contributed by atoms with van der Waals surface area (Å²) >= 11 is 3.67. The molecule has 0 radical (unpaired) electrons. The fourth-order valence-electron chi connectivity index (χ4n) is 4.41. The molecule has 10 heteroatoms. The molecular formula is C20H32N3O5S2+.